The standard InChI is InChI=1S/C13H13N3O2/c1-10-15-16-13(18-10)9-14-12(17)8-7-11-5-3-2-4-6-11/h2-8H,9H2,1H3,(H,14,17)/b8-7+. The van der Waals surface area contributed by atoms with E-state index >= 15 is 0 Å². The molecule has 0 saturated carbocycles. The van der Waals surface area contributed by atoms with Crippen molar-refractivity contribution >= 4 is 12.0 Å². The summed E-state index contributed by atoms with van der Waals surface area (Å²) in [5.74, 6) is 0.683. The van der Waals surface area contributed by atoms with Crippen LogP contribution in [0.4, 0.5) is 0 Å². The number of carbonyl (C=O) groups is 1. The van der Waals surface area contributed by atoms with Crippen LogP contribution in [0, 0.1) is 6.92 Å². The van der Waals surface area contributed by atoms with Gasteiger partial charge in [-0.2, -0.15) is 0 Å². The van der Waals surface area contributed by atoms with Crippen molar-refractivity contribution in [3.05, 3.63) is 53.8 Å². The molecule has 0 radical (unpaired) electrons. The van der Waals surface area contributed by atoms with Gasteiger partial charge in [-0.1, -0.05) is 30.3 Å². The van der Waals surface area contributed by atoms with Gasteiger partial charge in [0.05, 0.1) is 6.54 Å². The largest absolute Gasteiger partial charge is 0.424 e. The molecular weight excluding hydrogens is 230 g/mol. The topological polar surface area (TPSA) is 68.0 Å². The molecule has 5 nitrogen and oxygen atoms in total. The number of benzene rings is 1. The molecule has 0 fully saturated rings. The van der Waals surface area contributed by atoms with Crippen molar-refractivity contribution in [2.45, 2.75) is 13.5 Å². The van der Waals surface area contributed by atoms with Crippen LogP contribution in [0.2, 0.25) is 0 Å². The van der Waals surface area contributed by atoms with Gasteiger partial charge in [-0.15, -0.1) is 10.2 Å². The van der Waals surface area contributed by atoms with Crippen LogP contribution in [-0.4, -0.2) is 16.1 Å². The normalized spacial score (nSPS) is 10.7. The summed E-state index contributed by atoms with van der Waals surface area (Å²) in [6.45, 7) is 1.94. The molecular formula is C13H13N3O2. The zero-order valence-corrected chi connectivity index (χ0v) is 9.96. The molecule has 18 heavy (non-hydrogen) atoms. The highest BCUT2D eigenvalue weighted by Crippen LogP contribution is 2.01. The zero-order valence-electron chi connectivity index (χ0n) is 9.96. The summed E-state index contributed by atoms with van der Waals surface area (Å²) >= 11 is 0. The summed E-state index contributed by atoms with van der Waals surface area (Å²) in [6, 6.07) is 9.60. The van der Waals surface area contributed by atoms with Gasteiger partial charge in [0.1, 0.15) is 0 Å². The Bertz CT molecular complexity index is 546. The molecule has 92 valence electrons. The third-order valence-corrected chi connectivity index (χ3v) is 2.21. The van der Waals surface area contributed by atoms with Crippen molar-refractivity contribution in [2.75, 3.05) is 0 Å². The number of hydrogen-bond acceptors (Lipinski definition) is 4. The van der Waals surface area contributed by atoms with Gasteiger partial charge in [-0.25, -0.2) is 0 Å². The number of rotatable bonds is 4. The van der Waals surface area contributed by atoms with E-state index in [1.165, 1.54) is 6.08 Å². The van der Waals surface area contributed by atoms with Crippen molar-refractivity contribution in [1.29, 1.82) is 0 Å². The van der Waals surface area contributed by atoms with Gasteiger partial charge in [0, 0.05) is 13.0 Å². The number of aryl methyl sites for hydroxylation is 1. The van der Waals surface area contributed by atoms with E-state index in [4.69, 9.17) is 4.42 Å². The Kier molecular flexibility index (Phi) is 3.86. The molecule has 1 N–H and O–H groups in total. The maximum atomic E-state index is 11.5. The Morgan fingerprint density at radius 3 is 2.78 bits per heavy atom. The van der Waals surface area contributed by atoms with Crippen LogP contribution < -0.4 is 5.32 Å². The lowest BCUT2D eigenvalue weighted by molar-refractivity contribution is -0.116. The first-order valence-corrected chi connectivity index (χ1v) is 5.54. The van der Waals surface area contributed by atoms with Gasteiger partial charge in [0.15, 0.2) is 0 Å². The third kappa shape index (κ3) is 3.55. The van der Waals surface area contributed by atoms with Crippen molar-refractivity contribution in [1.82, 2.24) is 15.5 Å². The Hall–Kier alpha value is -2.43. The minimum absolute atomic E-state index is 0.199. The van der Waals surface area contributed by atoms with E-state index in [1.807, 2.05) is 30.3 Å². The number of amides is 1. The molecule has 0 atom stereocenters. The van der Waals surface area contributed by atoms with E-state index in [1.54, 1.807) is 13.0 Å². The molecule has 1 aromatic carbocycles. The van der Waals surface area contributed by atoms with Gasteiger partial charge in [-0.05, 0) is 11.6 Å². The number of nitrogens with zero attached hydrogens (tertiary/aromatic N) is 2. The molecule has 1 heterocycles. The molecule has 0 aliphatic heterocycles. The van der Waals surface area contributed by atoms with Gasteiger partial charge in [0.2, 0.25) is 17.7 Å². The van der Waals surface area contributed by atoms with E-state index < -0.39 is 0 Å². The average molecular weight is 243 g/mol. The second kappa shape index (κ2) is 5.77. The van der Waals surface area contributed by atoms with E-state index in [2.05, 4.69) is 15.5 Å². The van der Waals surface area contributed by atoms with E-state index in [0.29, 0.717) is 11.8 Å². The van der Waals surface area contributed by atoms with Crippen LogP contribution in [0.25, 0.3) is 6.08 Å². The Labute approximate surface area is 105 Å². The monoisotopic (exact) mass is 243 g/mol. The molecule has 2 aromatic rings. The predicted octanol–water partition coefficient (Wildman–Crippen LogP) is 1.71. The second-order valence-electron chi connectivity index (χ2n) is 3.68. The lowest BCUT2D eigenvalue weighted by Gasteiger charge is -1.97. The van der Waals surface area contributed by atoms with Gasteiger partial charge in [-0.3, -0.25) is 4.79 Å². The number of hydrogen-bond donors (Lipinski definition) is 1. The molecule has 0 saturated heterocycles. The molecule has 1 aromatic heterocycles. The third-order valence-electron chi connectivity index (χ3n) is 2.21. The first-order chi connectivity index (χ1) is 8.74. The maximum absolute atomic E-state index is 11.5. The molecule has 0 spiro atoms. The fourth-order valence-corrected chi connectivity index (χ4v) is 1.37. The van der Waals surface area contributed by atoms with Crippen LogP contribution in [0.3, 0.4) is 0 Å². The summed E-state index contributed by atoms with van der Waals surface area (Å²) in [7, 11) is 0. The van der Waals surface area contributed by atoms with E-state index in [9.17, 15) is 4.79 Å². The summed E-state index contributed by atoms with van der Waals surface area (Å²) < 4.78 is 5.14. The molecule has 2 rings (SSSR count). The summed E-state index contributed by atoms with van der Waals surface area (Å²) in [4.78, 5) is 11.5. The highest BCUT2D eigenvalue weighted by atomic mass is 16.4. The van der Waals surface area contributed by atoms with Crippen molar-refractivity contribution < 1.29 is 9.21 Å². The Balaban J connectivity index is 1.84. The first kappa shape index (κ1) is 12.0. The first-order valence-electron chi connectivity index (χ1n) is 5.54. The lowest BCUT2D eigenvalue weighted by Crippen LogP contribution is -2.20. The molecule has 0 aliphatic rings. The summed E-state index contributed by atoms with van der Waals surface area (Å²) in [5, 5.41) is 10.1. The van der Waals surface area contributed by atoms with Crippen LogP contribution >= 0.6 is 0 Å². The average Bonchev–Trinajstić information content (AvgIpc) is 2.81. The van der Waals surface area contributed by atoms with Crippen LogP contribution in [0.1, 0.15) is 17.3 Å². The second-order valence-corrected chi connectivity index (χ2v) is 3.68. The number of carbonyl (C=O) groups excluding carboxylic acids is 1. The Morgan fingerprint density at radius 2 is 2.11 bits per heavy atom. The quantitative estimate of drug-likeness (QED) is 0.830. The SMILES string of the molecule is Cc1nnc(CNC(=O)/C=C/c2ccccc2)o1. The Morgan fingerprint density at radius 1 is 1.33 bits per heavy atom. The molecule has 0 unspecified atom stereocenters. The lowest BCUT2D eigenvalue weighted by atomic mass is 10.2. The van der Waals surface area contributed by atoms with E-state index in [0.717, 1.165) is 5.56 Å². The molecule has 5 heteroatoms. The highest BCUT2D eigenvalue weighted by Gasteiger charge is 2.02. The van der Waals surface area contributed by atoms with Crippen molar-refractivity contribution in [3.8, 4) is 0 Å². The smallest absolute Gasteiger partial charge is 0.244 e. The fraction of sp³-hybridized carbons (Fsp3) is 0.154. The minimum Gasteiger partial charge on any atom is -0.424 e. The van der Waals surface area contributed by atoms with Gasteiger partial charge < -0.3 is 9.73 Å². The van der Waals surface area contributed by atoms with Crippen LogP contribution in [0.15, 0.2) is 40.8 Å². The molecule has 0 bridgehead atoms. The van der Waals surface area contributed by atoms with Crippen molar-refractivity contribution in [3.63, 3.8) is 0 Å². The van der Waals surface area contributed by atoms with Crippen molar-refractivity contribution in [2.24, 2.45) is 0 Å². The predicted molar refractivity (Wildman–Crippen MR) is 66.4 cm³/mol. The van der Waals surface area contributed by atoms with E-state index in [-0.39, 0.29) is 12.5 Å². The minimum atomic E-state index is -0.199. The summed E-state index contributed by atoms with van der Waals surface area (Å²) in [6.07, 6.45) is 3.22. The number of aromatic nitrogens is 2. The summed E-state index contributed by atoms with van der Waals surface area (Å²) in [5.41, 5.74) is 0.973. The molecule has 1 amide bonds. The van der Waals surface area contributed by atoms with Gasteiger partial charge in [0.25, 0.3) is 0 Å². The zero-order chi connectivity index (χ0) is 12.8. The maximum Gasteiger partial charge on any atom is 0.244 e. The van der Waals surface area contributed by atoms with Crippen LogP contribution in [-0.2, 0) is 11.3 Å². The number of nitrogens with one attached hydrogen (secondary N) is 1. The van der Waals surface area contributed by atoms with Crippen LogP contribution in [0.5, 0.6) is 0 Å². The highest BCUT2D eigenvalue weighted by molar-refractivity contribution is 5.91. The fourth-order valence-electron chi connectivity index (χ4n) is 1.37. The van der Waals surface area contributed by atoms with Gasteiger partial charge >= 0.3 is 0 Å². The molecule has 0 aliphatic carbocycles.